The monoisotopic (exact) mass is 287 g/mol. The Labute approximate surface area is 124 Å². The van der Waals surface area contributed by atoms with Crippen molar-refractivity contribution in [2.75, 3.05) is 16.8 Å². The maximum atomic E-state index is 6.02. The van der Waals surface area contributed by atoms with Crippen LogP contribution in [-0.4, -0.2) is 22.0 Å². The summed E-state index contributed by atoms with van der Waals surface area (Å²) in [5.74, 6) is 1.21. The molecule has 20 heavy (non-hydrogen) atoms. The molecule has 106 valence electrons. The van der Waals surface area contributed by atoms with Crippen molar-refractivity contribution in [3.63, 3.8) is 0 Å². The number of nitrogens with one attached hydrogen (secondary N) is 1. The van der Waals surface area contributed by atoms with Crippen LogP contribution in [0.1, 0.15) is 26.2 Å². The molecule has 1 aromatic heterocycles. The zero-order chi connectivity index (χ0) is 13.9. The van der Waals surface area contributed by atoms with Crippen LogP contribution in [0, 0.1) is 0 Å². The van der Waals surface area contributed by atoms with Crippen molar-refractivity contribution in [1.29, 1.82) is 0 Å². The van der Waals surface area contributed by atoms with Gasteiger partial charge in [0.2, 0.25) is 0 Å². The first-order valence-corrected chi connectivity index (χ1v) is 8.34. The highest BCUT2D eigenvalue weighted by atomic mass is 32.2. The molecule has 0 spiro atoms. The third kappa shape index (κ3) is 2.70. The van der Waals surface area contributed by atoms with Crippen molar-refractivity contribution in [3.05, 3.63) is 30.5 Å². The molecule has 3 rings (SSSR count). The van der Waals surface area contributed by atoms with Crippen LogP contribution < -0.4 is 11.1 Å². The summed E-state index contributed by atoms with van der Waals surface area (Å²) < 4.78 is 0. The molecular weight excluding hydrogens is 266 g/mol. The highest BCUT2D eigenvalue weighted by Gasteiger charge is 2.24. The first-order valence-electron chi connectivity index (χ1n) is 7.29. The fourth-order valence-electron chi connectivity index (χ4n) is 2.99. The van der Waals surface area contributed by atoms with Gasteiger partial charge in [-0.15, -0.1) is 0 Å². The Kier molecular flexibility index (Phi) is 4.01. The first kappa shape index (κ1) is 13.6. The van der Waals surface area contributed by atoms with Gasteiger partial charge in [-0.25, -0.2) is 0 Å². The van der Waals surface area contributed by atoms with Gasteiger partial charge in [-0.3, -0.25) is 4.98 Å². The molecule has 0 bridgehead atoms. The maximum absolute atomic E-state index is 6.02. The smallest absolute Gasteiger partial charge is 0.0953 e. The van der Waals surface area contributed by atoms with Gasteiger partial charge in [0.25, 0.3) is 0 Å². The molecule has 3 nitrogen and oxygen atoms in total. The normalized spacial score (nSPS) is 22.2. The lowest BCUT2D eigenvalue weighted by Crippen LogP contribution is -2.16. The third-order valence-corrected chi connectivity index (χ3v) is 5.18. The average molecular weight is 287 g/mol. The fourth-order valence-corrected chi connectivity index (χ4v) is 4.13. The van der Waals surface area contributed by atoms with E-state index in [0.29, 0.717) is 6.04 Å². The quantitative estimate of drug-likeness (QED) is 0.837. The summed E-state index contributed by atoms with van der Waals surface area (Å²) in [4.78, 5) is 4.49. The summed E-state index contributed by atoms with van der Waals surface area (Å²) in [5, 5.41) is 5.52. The molecule has 1 fully saturated rings. The van der Waals surface area contributed by atoms with E-state index in [9.17, 15) is 0 Å². The Morgan fingerprint density at radius 1 is 1.35 bits per heavy atom. The molecule has 1 aliphatic rings. The molecule has 0 saturated heterocycles. The SMILES string of the molecule is CCSC1CCC(Nc2ccc(N)c3cccnc23)C1. The summed E-state index contributed by atoms with van der Waals surface area (Å²) >= 11 is 2.08. The molecule has 2 aromatic rings. The Morgan fingerprint density at radius 3 is 3.10 bits per heavy atom. The van der Waals surface area contributed by atoms with Crippen molar-refractivity contribution in [3.8, 4) is 0 Å². The largest absolute Gasteiger partial charge is 0.398 e. The van der Waals surface area contributed by atoms with E-state index < -0.39 is 0 Å². The minimum Gasteiger partial charge on any atom is -0.398 e. The molecule has 4 heteroatoms. The predicted molar refractivity (Wildman–Crippen MR) is 89.3 cm³/mol. The van der Waals surface area contributed by atoms with Crippen molar-refractivity contribution in [2.24, 2.45) is 0 Å². The lowest BCUT2D eigenvalue weighted by Gasteiger charge is -2.16. The van der Waals surface area contributed by atoms with E-state index in [1.165, 1.54) is 25.0 Å². The lowest BCUT2D eigenvalue weighted by atomic mass is 10.1. The second kappa shape index (κ2) is 5.92. The number of aromatic nitrogens is 1. The summed E-state index contributed by atoms with van der Waals surface area (Å²) in [7, 11) is 0. The van der Waals surface area contributed by atoms with Crippen molar-refractivity contribution < 1.29 is 0 Å². The van der Waals surface area contributed by atoms with E-state index >= 15 is 0 Å². The number of fused-ring (bicyclic) bond motifs is 1. The topological polar surface area (TPSA) is 50.9 Å². The Balaban J connectivity index is 1.80. The molecule has 1 heterocycles. The van der Waals surface area contributed by atoms with Gasteiger partial charge < -0.3 is 11.1 Å². The molecule has 0 aliphatic heterocycles. The van der Waals surface area contributed by atoms with E-state index in [1.54, 1.807) is 0 Å². The van der Waals surface area contributed by atoms with Gasteiger partial charge in [0, 0.05) is 28.6 Å². The predicted octanol–water partition coefficient (Wildman–Crippen LogP) is 3.90. The molecule has 2 atom stereocenters. The highest BCUT2D eigenvalue weighted by molar-refractivity contribution is 7.99. The summed E-state index contributed by atoms with van der Waals surface area (Å²) in [6, 6.07) is 8.57. The molecule has 2 unspecified atom stereocenters. The van der Waals surface area contributed by atoms with Crippen LogP contribution in [-0.2, 0) is 0 Å². The molecule has 1 aliphatic carbocycles. The van der Waals surface area contributed by atoms with Gasteiger partial charge >= 0.3 is 0 Å². The third-order valence-electron chi connectivity index (χ3n) is 3.95. The lowest BCUT2D eigenvalue weighted by molar-refractivity contribution is 0.758. The Bertz CT molecular complexity index is 599. The van der Waals surface area contributed by atoms with Gasteiger partial charge in [0.05, 0.1) is 11.2 Å². The number of nitrogens with two attached hydrogens (primary N) is 1. The minimum absolute atomic E-state index is 0.563. The van der Waals surface area contributed by atoms with Crippen LogP contribution in [0.4, 0.5) is 11.4 Å². The van der Waals surface area contributed by atoms with Crippen LogP contribution in [0.15, 0.2) is 30.5 Å². The number of thioether (sulfide) groups is 1. The number of hydrogen-bond donors (Lipinski definition) is 2. The molecule has 1 saturated carbocycles. The van der Waals surface area contributed by atoms with Crippen LogP contribution in [0.3, 0.4) is 0 Å². The van der Waals surface area contributed by atoms with Gasteiger partial charge in [-0.2, -0.15) is 11.8 Å². The first-order chi connectivity index (χ1) is 9.78. The minimum atomic E-state index is 0.563. The Morgan fingerprint density at radius 2 is 2.25 bits per heavy atom. The zero-order valence-electron chi connectivity index (χ0n) is 11.8. The number of pyridine rings is 1. The van der Waals surface area contributed by atoms with Gasteiger partial charge in [0.15, 0.2) is 0 Å². The maximum Gasteiger partial charge on any atom is 0.0953 e. The number of anilines is 2. The van der Waals surface area contributed by atoms with Gasteiger partial charge in [-0.1, -0.05) is 6.92 Å². The zero-order valence-corrected chi connectivity index (χ0v) is 12.6. The molecular formula is C16H21N3S. The van der Waals surface area contributed by atoms with Crippen LogP contribution in [0.25, 0.3) is 10.9 Å². The van der Waals surface area contributed by atoms with Crippen molar-refractivity contribution in [1.82, 2.24) is 4.98 Å². The van der Waals surface area contributed by atoms with E-state index in [-0.39, 0.29) is 0 Å². The second-order valence-electron chi connectivity index (χ2n) is 5.33. The summed E-state index contributed by atoms with van der Waals surface area (Å²) in [5.41, 5.74) is 8.92. The van der Waals surface area contributed by atoms with Crippen molar-refractivity contribution in [2.45, 2.75) is 37.5 Å². The van der Waals surface area contributed by atoms with E-state index in [4.69, 9.17) is 5.73 Å². The molecule has 0 amide bonds. The molecule has 1 aromatic carbocycles. The number of benzene rings is 1. The second-order valence-corrected chi connectivity index (χ2v) is 6.91. The van der Waals surface area contributed by atoms with Crippen LogP contribution in [0.5, 0.6) is 0 Å². The fraction of sp³-hybridized carbons (Fsp3) is 0.438. The van der Waals surface area contributed by atoms with Gasteiger partial charge in [0.1, 0.15) is 0 Å². The number of nitrogens with zero attached hydrogens (tertiary/aromatic N) is 1. The van der Waals surface area contributed by atoms with E-state index in [1.807, 2.05) is 24.4 Å². The molecule has 3 N–H and O–H groups in total. The highest BCUT2D eigenvalue weighted by Crippen LogP contribution is 2.33. The van der Waals surface area contributed by atoms with E-state index in [0.717, 1.165) is 27.5 Å². The van der Waals surface area contributed by atoms with E-state index in [2.05, 4.69) is 35.1 Å². The summed E-state index contributed by atoms with van der Waals surface area (Å²) in [6.45, 7) is 2.24. The number of hydrogen-bond acceptors (Lipinski definition) is 4. The standard InChI is InChI=1S/C16H21N3S/c1-2-20-12-6-5-11(10-12)19-15-8-7-14(17)13-4-3-9-18-16(13)15/h3-4,7-9,11-12,19H,2,5-6,10,17H2,1H3. The number of nitrogen functional groups attached to an aromatic ring is 1. The summed E-state index contributed by atoms with van der Waals surface area (Å²) in [6.07, 6.45) is 5.64. The van der Waals surface area contributed by atoms with Crippen LogP contribution >= 0.6 is 11.8 Å². The van der Waals surface area contributed by atoms with Crippen LogP contribution in [0.2, 0.25) is 0 Å². The van der Waals surface area contributed by atoms with Gasteiger partial charge in [-0.05, 0) is 49.3 Å². The number of rotatable bonds is 4. The average Bonchev–Trinajstić information content (AvgIpc) is 2.90. The molecule has 0 radical (unpaired) electrons. The van der Waals surface area contributed by atoms with Crippen molar-refractivity contribution >= 4 is 34.0 Å². The Hall–Kier alpha value is -1.42.